The van der Waals surface area contributed by atoms with Gasteiger partial charge in [0.1, 0.15) is 0 Å². The molecule has 4 heteroatoms. The van der Waals surface area contributed by atoms with Crippen molar-refractivity contribution in [1.82, 2.24) is 5.32 Å². The van der Waals surface area contributed by atoms with Crippen molar-refractivity contribution in [2.75, 3.05) is 6.54 Å². The molecular weight excluding hydrogens is 166 g/mol. The number of hydrogen-bond acceptors (Lipinski definition) is 3. The van der Waals surface area contributed by atoms with Crippen molar-refractivity contribution in [3.63, 3.8) is 0 Å². The summed E-state index contributed by atoms with van der Waals surface area (Å²) >= 11 is 0. The monoisotopic (exact) mass is 185 g/mol. The molecule has 0 radical (unpaired) electrons. The molecule has 5 N–H and O–H groups in total. The number of amides is 1. The molecule has 0 bridgehead atoms. The Morgan fingerprint density at radius 3 is 2.38 bits per heavy atom. The normalized spacial score (nSPS) is 20.6. The first kappa shape index (κ1) is 10.5. The number of rotatable bonds is 3. The Hall–Kier alpha value is -0.610. The summed E-state index contributed by atoms with van der Waals surface area (Å²) in [6.45, 7) is 4.22. The minimum absolute atomic E-state index is 0.0581. The molecule has 0 heterocycles. The van der Waals surface area contributed by atoms with Crippen LogP contribution in [0.1, 0.15) is 33.1 Å². The van der Waals surface area contributed by atoms with Gasteiger partial charge in [0, 0.05) is 12.1 Å². The van der Waals surface area contributed by atoms with Crippen molar-refractivity contribution < 1.29 is 4.79 Å². The number of nitrogens with one attached hydrogen (secondary N) is 1. The van der Waals surface area contributed by atoms with E-state index in [9.17, 15) is 4.79 Å². The first-order valence-corrected chi connectivity index (χ1v) is 4.70. The Bertz CT molecular complexity index is 203. The van der Waals surface area contributed by atoms with Crippen LogP contribution in [0.4, 0.5) is 0 Å². The third-order valence-electron chi connectivity index (χ3n) is 2.40. The van der Waals surface area contributed by atoms with Gasteiger partial charge >= 0.3 is 0 Å². The van der Waals surface area contributed by atoms with Gasteiger partial charge < -0.3 is 16.8 Å². The zero-order chi connectivity index (χ0) is 10.1. The molecule has 0 unspecified atom stereocenters. The van der Waals surface area contributed by atoms with E-state index in [2.05, 4.69) is 5.32 Å². The fourth-order valence-electron chi connectivity index (χ4n) is 1.27. The van der Waals surface area contributed by atoms with E-state index < -0.39 is 5.54 Å². The van der Waals surface area contributed by atoms with Crippen LogP contribution in [-0.4, -0.2) is 23.5 Å². The molecule has 1 aliphatic rings. The highest BCUT2D eigenvalue weighted by atomic mass is 16.2. The average molecular weight is 185 g/mol. The SMILES string of the molecule is CC(C)(N)CNC(=O)C1(N)CCC1. The highest BCUT2D eigenvalue weighted by molar-refractivity contribution is 5.87. The average Bonchev–Trinajstić information content (AvgIpc) is 1.94. The molecule has 1 amide bonds. The standard InChI is InChI=1S/C9H19N3O/c1-8(2,10)6-12-7(13)9(11)4-3-5-9/h3-6,10-11H2,1-2H3,(H,12,13). The maximum atomic E-state index is 11.5. The molecule has 0 aromatic heterocycles. The van der Waals surface area contributed by atoms with Crippen molar-refractivity contribution in [3.05, 3.63) is 0 Å². The maximum Gasteiger partial charge on any atom is 0.240 e. The van der Waals surface area contributed by atoms with Crippen LogP contribution in [0, 0.1) is 0 Å². The minimum atomic E-state index is -0.606. The summed E-state index contributed by atoms with van der Waals surface area (Å²) in [6, 6.07) is 0. The second kappa shape index (κ2) is 3.27. The number of carbonyl (C=O) groups is 1. The van der Waals surface area contributed by atoms with E-state index in [1.54, 1.807) is 0 Å². The predicted molar refractivity (Wildman–Crippen MR) is 52.0 cm³/mol. The quantitative estimate of drug-likeness (QED) is 0.565. The number of nitrogens with two attached hydrogens (primary N) is 2. The highest BCUT2D eigenvalue weighted by Crippen LogP contribution is 2.28. The van der Waals surface area contributed by atoms with Crippen LogP contribution in [0.5, 0.6) is 0 Å². The van der Waals surface area contributed by atoms with E-state index >= 15 is 0 Å². The number of carbonyl (C=O) groups excluding carboxylic acids is 1. The third kappa shape index (κ3) is 2.67. The summed E-state index contributed by atoms with van der Waals surface area (Å²) in [7, 11) is 0. The molecular formula is C9H19N3O. The van der Waals surface area contributed by atoms with Crippen molar-refractivity contribution in [2.24, 2.45) is 11.5 Å². The molecule has 0 spiro atoms. The Labute approximate surface area is 79.0 Å². The van der Waals surface area contributed by atoms with Gasteiger partial charge in [0.05, 0.1) is 5.54 Å². The van der Waals surface area contributed by atoms with E-state index in [4.69, 9.17) is 11.5 Å². The lowest BCUT2D eigenvalue weighted by atomic mass is 9.77. The molecule has 0 atom stereocenters. The second-order valence-corrected chi connectivity index (χ2v) is 4.68. The van der Waals surface area contributed by atoms with Crippen LogP contribution < -0.4 is 16.8 Å². The van der Waals surface area contributed by atoms with Crippen LogP contribution in [0.25, 0.3) is 0 Å². The first-order valence-electron chi connectivity index (χ1n) is 4.70. The molecule has 1 aliphatic carbocycles. The summed E-state index contributed by atoms with van der Waals surface area (Å²) in [5.74, 6) is -0.0581. The molecule has 76 valence electrons. The summed E-state index contributed by atoms with van der Waals surface area (Å²) in [6.07, 6.45) is 2.64. The maximum absolute atomic E-state index is 11.5. The van der Waals surface area contributed by atoms with Gasteiger partial charge in [-0.2, -0.15) is 0 Å². The third-order valence-corrected chi connectivity index (χ3v) is 2.40. The largest absolute Gasteiger partial charge is 0.353 e. The van der Waals surface area contributed by atoms with Crippen molar-refractivity contribution >= 4 is 5.91 Å². The predicted octanol–water partition coefficient (Wildman–Crippen LogP) is -0.279. The van der Waals surface area contributed by atoms with Gasteiger partial charge in [0.25, 0.3) is 0 Å². The molecule has 4 nitrogen and oxygen atoms in total. The van der Waals surface area contributed by atoms with E-state index in [1.165, 1.54) is 0 Å². The highest BCUT2D eigenvalue weighted by Gasteiger charge is 2.40. The molecule has 0 aromatic carbocycles. The molecule has 13 heavy (non-hydrogen) atoms. The van der Waals surface area contributed by atoms with Gasteiger partial charge in [0.15, 0.2) is 0 Å². The smallest absolute Gasteiger partial charge is 0.240 e. The van der Waals surface area contributed by atoms with Crippen LogP contribution in [0.3, 0.4) is 0 Å². The lowest BCUT2D eigenvalue weighted by Crippen LogP contribution is -2.60. The lowest BCUT2D eigenvalue weighted by Gasteiger charge is -2.37. The van der Waals surface area contributed by atoms with Gasteiger partial charge in [0.2, 0.25) is 5.91 Å². The Kier molecular flexibility index (Phi) is 2.63. The van der Waals surface area contributed by atoms with E-state index in [-0.39, 0.29) is 11.4 Å². The van der Waals surface area contributed by atoms with Gasteiger partial charge in [-0.3, -0.25) is 4.79 Å². The zero-order valence-electron chi connectivity index (χ0n) is 8.39. The Balaban J connectivity index is 2.34. The number of hydrogen-bond donors (Lipinski definition) is 3. The summed E-state index contributed by atoms with van der Waals surface area (Å²) in [4.78, 5) is 11.5. The van der Waals surface area contributed by atoms with Gasteiger partial charge in [-0.25, -0.2) is 0 Å². The van der Waals surface area contributed by atoms with Crippen LogP contribution in [-0.2, 0) is 4.79 Å². The van der Waals surface area contributed by atoms with Crippen molar-refractivity contribution in [2.45, 2.75) is 44.2 Å². The minimum Gasteiger partial charge on any atom is -0.353 e. The van der Waals surface area contributed by atoms with Crippen LogP contribution >= 0.6 is 0 Å². The van der Waals surface area contributed by atoms with E-state index in [1.807, 2.05) is 13.8 Å². The van der Waals surface area contributed by atoms with Gasteiger partial charge in [-0.1, -0.05) is 0 Å². The summed E-state index contributed by atoms with van der Waals surface area (Å²) in [5.41, 5.74) is 10.6. The Morgan fingerprint density at radius 1 is 1.54 bits per heavy atom. The topological polar surface area (TPSA) is 81.1 Å². The molecule has 1 rings (SSSR count). The van der Waals surface area contributed by atoms with Crippen LogP contribution in [0.2, 0.25) is 0 Å². The molecule has 1 saturated carbocycles. The van der Waals surface area contributed by atoms with Gasteiger partial charge in [-0.05, 0) is 33.1 Å². The first-order chi connectivity index (χ1) is 5.83. The molecule has 0 aliphatic heterocycles. The second-order valence-electron chi connectivity index (χ2n) is 4.68. The van der Waals surface area contributed by atoms with Gasteiger partial charge in [-0.15, -0.1) is 0 Å². The fraction of sp³-hybridized carbons (Fsp3) is 0.889. The molecule has 1 fully saturated rings. The summed E-state index contributed by atoms with van der Waals surface area (Å²) in [5, 5.41) is 2.78. The Morgan fingerprint density at radius 2 is 2.08 bits per heavy atom. The van der Waals surface area contributed by atoms with E-state index in [0.29, 0.717) is 6.54 Å². The molecule has 0 saturated heterocycles. The molecule has 0 aromatic rings. The van der Waals surface area contributed by atoms with E-state index in [0.717, 1.165) is 19.3 Å². The van der Waals surface area contributed by atoms with Crippen molar-refractivity contribution in [3.8, 4) is 0 Å². The summed E-state index contributed by atoms with van der Waals surface area (Å²) < 4.78 is 0. The fourth-order valence-corrected chi connectivity index (χ4v) is 1.27. The van der Waals surface area contributed by atoms with Crippen molar-refractivity contribution in [1.29, 1.82) is 0 Å². The lowest BCUT2D eigenvalue weighted by molar-refractivity contribution is -0.129. The zero-order valence-corrected chi connectivity index (χ0v) is 8.39. The van der Waals surface area contributed by atoms with Crippen LogP contribution in [0.15, 0.2) is 0 Å².